The number of aliphatic hydroxyl groups excluding tert-OH is 1. The second-order valence-corrected chi connectivity index (χ2v) is 12.6. The molecule has 0 heterocycles. The van der Waals surface area contributed by atoms with Crippen LogP contribution in [-0.4, -0.2) is 11.2 Å². The van der Waals surface area contributed by atoms with Gasteiger partial charge in [0.05, 0.1) is 6.10 Å². The molecule has 0 aromatic heterocycles. The van der Waals surface area contributed by atoms with Crippen LogP contribution in [0.3, 0.4) is 0 Å². The van der Waals surface area contributed by atoms with Gasteiger partial charge in [-0.15, -0.1) is 0 Å². The van der Waals surface area contributed by atoms with Gasteiger partial charge in [-0.25, -0.2) is 0 Å². The van der Waals surface area contributed by atoms with Gasteiger partial charge in [-0.05, 0) is 110 Å². The summed E-state index contributed by atoms with van der Waals surface area (Å²) in [5.74, 6) is 6.49. The highest BCUT2D eigenvalue weighted by Gasteiger charge is 2.60. The SMILES string of the molecule is CC(C)CCC[C@@H](C)[C@H]1CC[C@H]2[C@H]3CCC4C[C@@H](O)CC[C@]4(C)[C@H]3CC[C@]12C. The number of hydrogen-bond acceptors (Lipinski definition) is 1. The van der Waals surface area contributed by atoms with E-state index in [4.69, 9.17) is 0 Å². The molecule has 4 aliphatic carbocycles. The molecule has 4 fully saturated rings. The topological polar surface area (TPSA) is 20.2 Å². The van der Waals surface area contributed by atoms with E-state index in [1.165, 1.54) is 64.2 Å². The molecule has 0 aromatic carbocycles. The van der Waals surface area contributed by atoms with Gasteiger partial charge < -0.3 is 5.11 Å². The van der Waals surface area contributed by atoms with Crippen molar-refractivity contribution in [2.45, 2.75) is 118 Å². The van der Waals surface area contributed by atoms with Crippen molar-refractivity contribution in [1.82, 2.24) is 0 Å². The van der Waals surface area contributed by atoms with Gasteiger partial charge in [-0.3, -0.25) is 0 Å². The van der Waals surface area contributed by atoms with E-state index in [1.54, 1.807) is 0 Å². The first-order valence-corrected chi connectivity index (χ1v) is 12.9. The largest absolute Gasteiger partial charge is 0.393 e. The normalized spacial score (nSPS) is 49.4. The Bertz CT molecular complexity index is 540. The van der Waals surface area contributed by atoms with Crippen molar-refractivity contribution >= 4 is 0 Å². The molecular formula is C27H48O. The third-order valence-corrected chi connectivity index (χ3v) is 10.8. The lowest BCUT2D eigenvalue weighted by Crippen LogP contribution is -2.54. The third-order valence-electron chi connectivity index (χ3n) is 10.8. The fraction of sp³-hybridized carbons (Fsp3) is 1.00. The van der Waals surface area contributed by atoms with Crippen LogP contribution in [0.5, 0.6) is 0 Å². The van der Waals surface area contributed by atoms with Gasteiger partial charge >= 0.3 is 0 Å². The summed E-state index contributed by atoms with van der Waals surface area (Å²) in [4.78, 5) is 0. The molecular weight excluding hydrogens is 340 g/mol. The van der Waals surface area contributed by atoms with Crippen molar-refractivity contribution in [3.63, 3.8) is 0 Å². The van der Waals surface area contributed by atoms with Gasteiger partial charge in [0, 0.05) is 0 Å². The molecule has 0 radical (unpaired) electrons. The molecule has 4 rings (SSSR count). The standard InChI is InChI=1S/C27H48O/c1-18(2)7-6-8-19(3)23-11-12-24-22-10-9-20-17-21(28)13-15-26(20,4)25(22)14-16-27(23,24)5/h18-25,28H,6-17H2,1-5H3/t19-,20?,21+,22-,23-,24+,25+,26+,27-/m1/s1. The van der Waals surface area contributed by atoms with E-state index in [0.29, 0.717) is 10.8 Å². The molecule has 0 aliphatic heterocycles. The number of fused-ring (bicyclic) bond motifs is 5. The average Bonchev–Trinajstić information content (AvgIpc) is 2.99. The Kier molecular flexibility index (Phi) is 5.98. The van der Waals surface area contributed by atoms with Crippen molar-refractivity contribution in [3.8, 4) is 0 Å². The Morgan fingerprint density at radius 2 is 1.54 bits per heavy atom. The summed E-state index contributed by atoms with van der Waals surface area (Å²) >= 11 is 0. The van der Waals surface area contributed by atoms with Crippen molar-refractivity contribution < 1.29 is 5.11 Å². The molecule has 4 saturated carbocycles. The lowest BCUT2D eigenvalue weighted by atomic mass is 9.44. The smallest absolute Gasteiger partial charge is 0.0543 e. The summed E-state index contributed by atoms with van der Waals surface area (Å²) < 4.78 is 0. The summed E-state index contributed by atoms with van der Waals surface area (Å²) in [6.07, 6.45) is 16.6. The number of aliphatic hydroxyl groups is 1. The van der Waals surface area contributed by atoms with Crippen molar-refractivity contribution in [2.24, 2.45) is 52.3 Å². The molecule has 0 saturated heterocycles. The van der Waals surface area contributed by atoms with E-state index in [0.717, 1.165) is 54.3 Å². The van der Waals surface area contributed by atoms with Crippen LogP contribution < -0.4 is 0 Å². The average molecular weight is 389 g/mol. The zero-order valence-electron chi connectivity index (χ0n) is 19.6. The van der Waals surface area contributed by atoms with Gasteiger partial charge in [0.2, 0.25) is 0 Å². The molecule has 1 nitrogen and oxygen atoms in total. The zero-order chi connectivity index (χ0) is 20.1. The highest BCUT2D eigenvalue weighted by atomic mass is 16.3. The highest BCUT2D eigenvalue weighted by molar-refractivity contribution is 5.09. The third kappa shape index (κ3) is 3.50. The van der Waals surface area contributed by atoms with E-state index in [9.17, 15) is 5.11 Å². The highest BCUT2D eigenvalue weighted by Crippen LogP contribution is 2.68. The van der Waals surface area contributed by atoms with E-state index < -0.39 is 0 Å². The van der Waals surface area contributed by atoms with E-state index in [-0.39, 0.29) is 6.10 Å². The zero-order valence-corrected chi connectivity index (χ0v) is 19.6. The molecule has 0 spiro atoms. The van der Waals surface area contributed by atoms with Gasteiger partial charge in [0.1, 0.15) is 0 Å². The molecule has 162 valence electrons. The van der Waals surface area contributed by atoms with Gasteiger partial charge in [-0.1, -0.05) is 53.9 Å². The van der Waals surface area contributed by atoms with Crippen LogP contribution in [0.2, 0.25) is 0 Å². The van der Waals surface area contributed by atoms with Crippen LogP contribution in [0.1, 0.15) is 112 Å². The van der Waals surface area contributed by atoms with Crippen molar-refractivity contribution in [2.75, 3.05) is 0 Å². The molecule has 0 bridgehead atoms. The van der Waals surface area contributed by atoms with Crippen LogP contribution in [0.15, 0.2) is 0 Å². The van der Waals surface area contributed by atoms with Gasteiger partial charge in [-0.2, -0.15) is 0 Å². The maximum Gasteiger partial charge on any atom is 0.0543 e. The van der Waals surface area contributed by atoms with Crippen LogP contribution in [0.4, 0.5) is 0 Å². The molecule has 1 heteroatoms. The first-order valence-electron chi connectivity index (χ1n) is 12.9. The Labute approximate surface area is 175 Å². The van der Waals surface area contributed by atoms with Crippen LogP contribution in [0.25, 0.3) is 0 Å². The summed E-state index contributed by atoms with van der Waals surface area (Å²) in [7, 11) is 0. The van der Waals surface area contributed by atoms with E-state index in [2.05, 4.69) is 34.6 Å². The molecule has 1 N–H and O–H groups in total. The molecule has 28 heavy (non-hydrogen) atoms. The molecule has 9 atom stereocenters. The van der Waals surface area contributed by atoms with Gasteiger partial charge in [0.15, 0.2) is 0 Å². The predicted octanol–water partition coefficient (Wildman–Crippen LogP) is 7.47. The van der Waals surface area contributed by atoms with Crippen molar-refractivity contribution in [3.05, 3.63) is 0 Å². The summed E-state index contributed by atoms with van der Waals surface area (Å²) in [6, 6.07) is 0. The second kappa shape index (κ2) is 7.90. The number of rotatable bonds is 5. The van der Waals surface area contributed by atoms with E-state index in [1.807, 2.05) is 0 Å². The molecule has 1 unspecified atom stereocenters. The number of hydrogen-bond donors (Lipinski definition) is 1. The fourth-order valence-electron chi connectivity index (χ4n) is 9.26. The summed E-state index contributed by atoms with van der Waals surface area (Å²) in [6.45, 7) is 12.7. The minimum absolute atomic E-state index is 0.00830. The van der Waals surface area contributed by atoms with Crippen molar-refractivity contribution in [1.29, 1.82) is 0 Å². The lowest BCUT2D eigenvalue weighted by molar-refractivity contribution is -0.129. The summed E-state index contributed by atoms with van der Waals surface area (Å²) in [5.41, 5.74) is 1.15. The fourth-order valence-corrected chi connectivity index (χ4v) is 9.26. The van der Waals surface area contributed by atoms with E-state index >= 15 is 0 Å². The molecule has 0 amide bonds. The minimum atomic E-state index is -0.00830. The van der Waals surface area contributed by atoms with Crippen LogP contribution >= 0.6 is 0 Å². The first kappa shape index (κ1) is 21.2. The quantitative estimate of drug-likeness (QED) is 0.518. The van der Waals surface area contributed by atoms with Gasteiger partial charge in [0.25, 0.3) is 0 Å². The van der Waals surface area contributed by atoms with Crippen LogP contribution in [-0.2, 0) is 0 Å². The Morgan fingerprint density at radius 1 is 0.821 bits per heavy atom. The summed E-state index contributed by atoms with van der Waals surface area (Å²) in [5, 5.41) is 10.3. The molecule has 4 aliphatic rings. The Balaban J connectivity index is 1.46. The first-order chi connectivity index (χ1) is 13.3. The van der Waals surface area contributed by atoms with Crippen LogP contribution in [0, 0.1) is 52.3 Å². The maximum atomic E-state index is 10.3. The molecule has 0 aromatic rings. The predicted molar refractivity (Wildman–Crippen MR) is 119 cm³/mol. The second-order valence-electron chi connectivity index (χ2n) is 12.6. The lowest BCUT2D eigenvalue weighted by Gasteiger charge is -2.61. The Hall–Kier alpha value is -0.0400. The maximum absolute atomic E-state index is 10.3. The monoisotopic (exact) mass is 388 g/mol. The minimum Gasteiger partial charge on any atom is -0.393 e. The Morgan fingerprint density at radius 3 is 2.29 bits per heavy atom.